The van der Waals surface area contributed by atoms with Crippen molar-refractivity contribution in [2.24, 2.45) is 10.2 Å². The molecule has 0 atom stereocenters. The number of nitrogens with one attached hydrogen (secondary N) is 1. The summed E-state index contributed by atoms with van der Waals surface area (Å²) in [6, 6.07) is 26.3. The van der Waals surface area contributed by atoms with Crippen LogP contribution in [0.25, 0.3) is 11.0 Å². The van der Waals surface area contributed by atoms with Gasteiger partial charge in [0.1, 0.15) is 5.82 Å². The maximum Gasteiger partial charge on any atom is 0.113 e. The maximum absolute atomic E-state index is 4.68. The predicted molar refractivity (Wildman–Crippen MR) is 121 cm³/mol. The van der Waals surface area contributed by atoms with Gasteiger partial charge in [0, 0.05) is 19.8 Å². The molecule has 4 rings (SSSR count). The van der Waals surface area contributed by atoms with Gasteiger partial charge in [-0.2, -0.15) is 10.2 Å². The van der Waals surface area contributed by atoms with E-state index >= 15 is 0 Å². The smallest absolute Gasteiger partial charge is 0.113 e. The van der Waals surface area contributed by atoms with E-state index in [1.54, 1.807) is 6.21 Å². The van der Waals surface area contributed by atoms with Gasteiger partial charge in [-0.3, -0.25) is 0 Å². The van der Waals surface area contributed by atoms with Gasteiger partial charge in [-0.25, -0.2) is 4.98 Å². The summed E-state index contributed by atoms with van der Waals surface area (Å²) < 4.78 is 0. The molecule has 0 spiro atoms. The zero-order chi connectivity index (χ0) is 20.1. The van der Waals surface area contributed by atoms with Crippen molar-refractivity contribution in [3.8, 4) is 0 Å². The fraction of sp³-hybridized carbons (Fsp3) is 0.125. The molecule has 4 aromatic rings. The van der Waals surface area contributed by atoms with E-state index in [0.717, 1.165) is 39.4 Å². The van der Waals surface area contributed by atoms with Crippen LogP contribution in [0.3, 0.4) is 0 Å². The van der Waals surface area contributed by atoms with E-state index in [9.17, 15) is 0 Å². The zero-order valence-corrected chi connectivity index (χ0v) is 16.6. The van der Waals surface area contributed by atoms with Crippen molar-refractivity contribution < 1.29 is 0 Å². The van der Waals surface area contributed by atoms with E-state index in [-0.39, 0.29) is 0 Å². The van der Waals surface area contributed by atoms with E-state index < -0.39 is 0 Å². The highest BCUT2D eigenvalue weighted by atomic mass is 15.2. The predicted octanol–water partition coefficient (Wildman–Crippen LogP) is 4.69. The molecular formula is C24H23N5. The van der Waals surface area contributed by atoms with Gasteiger partial charge in [-0.05, 0) is 35.4 Å². The molecule has 1 aromatic heterocycles. The first-order valence-electron chi connectivity index (χ1n) is 9.55. The van der Waals surface area contributed by atoms with Crippen molar-refractivity contribution in [1.82, 2.24) is 9.97 Å². The molecule has 1 N–H and O–H groups in total. The van der Waals surface area contributed by atoms with Gasteiger partial charge in [0.15, 0.2) is 0 Å². The molecule has 0 fully saturated rings. The topological polar surface area (TPSA) is 56.6 Å². The minimum Gasteiger partial charge on any atom is -0.378 e. The second-order valence-electron chi connectivity index (χ2n) is 7.02. The maximum atomic E-state index is 4.68. The van der Waals surface area contributed by atoms with Crippen LogP contribution in [0.2, 0.25) is 0 Å². The summed E-state index contributed by atoms with van der Waals surface area (Å²) in [5.41, 5.74) is 6.05. The lowest BCUT2D eigenvalue weighted by Crippen LogP contribution is -2.08. The molecule has 0 aliphatic heterocycles. The molecule has 5 nitrogen and oxygen atoms in total. The van der Waals surface area contributed by atoms with Gasteiger partial charge in [0.05, 0.1) is 29.4 Å². The van der Waals surface area contributed by atoms with Gasteiger partial charge < -0.3 is 9.88 Å². The van der Waals surface area contributed by atoms with E-state index in [4.69, 9.17) is 0 Å². The lowest BCUT2D eigenvalue weighted by molar-refractivity contribution is 1.08. The number of hydrogen-bond donors (Lipinski definition) is 1. The molecule has 0 radical (unpaired) electrons. The number of anilines is 1. The Morgan fingerprint density at radius 1 is 0.931 bits per heavy atom. The summed E-state index contributed by atoms with van der Waals surface area (Å²) in [6.07, 6.45) is 2.36. The van der Waals surface area contributed by atoms with Gasteiger partial charge in [0.25, 0.3) is 0 Å². The van der Waals surface area contributed by atoms with E-state index in [0.29, 0.717) is 6.42 Å². The van der Waals surface area contributed by atoms with Crippen molar-refractivity contribution in [1.29, 1.82) is 0 Å². The number of aromatic nitrogens is 2. The van der Waals surface area contributed by atoms with E-state index in [1.165, 1.54) is 0 Å². The number of hydrogen-bond acceptors (Lipinski definition) is 4. The first-order chi connectivity index (χ1) is 14.2. The first-order valence-corrected chi connectivity index (χ1v) is 9.55. The molecule has 0 amide bonds. The highest BCUT2D eigenvalue weighted by Crippen LogP contribution is 2.14. The summed E-state index contributed by atoms with van der Waals surface area (Å²) in [5, 5.41) is 8.88. The normalized spacial score (nSPS) is 12.0. The van der Waals surface area contributed by atoms with Crippen LogP contribution in [-0.4, -0.2) is 36.0 Å². The Morgan fingerprint density at radius 3 is 2.38 bits per heavy atom. The second-order valence-corrected chi connectivity index (χ2v) is 7.02. The number of imidazole rings is 1. The fourth-order valence-corrected chi connectivity index (χ4v) is 3.10. The van der Waals surface area contributed by atoms with Crippen LogP contribution >= 0.6 is 0 Å². The minimum atomic E-state index is 0.579. The molecule has 0 aliphatic carbocycles. The monoisotopic (exact) mass is 381 g/mol. The Bertz CT molecular complexity index is 1110. The fourth-order valence-electron chi connectivity index (χ4n) is 3.10. The van der Waals surface area contributed by atoms with E-state index in [2.05, 4.69) is 37.2 Å². The van der Waals surface area contributed by atoms with Crippen LogP contribution in [0.1, 0.15) is 17.0 Å². The standard InChI is InChI=1S/C24H23N5/c1-29(2)20-14-12-18(13-15-20)17-25-28-23(19-8-4-3-5-9-19)16-24-26-21-10-6-7-11-22(21)27-24/h3-15,17H,16H2,1-2H3,(H,26,27). The zero-order valence-electron chi connectivity index (χ0n) is 16.6. The third kappa shape index (κ3) is 4.58. The molecule has 5 heteroatoms. The first kappa shape index (κ1) is 18.6. The van der Waals surface area contributed by atoms with Crippen molar-refractivity contribution in [3.05, 3.63) is 95.8 Å². The lowest BCUT2D eigenvalue weighted by atomic mass is 10.1. The third-order valence-electron chi connectivity index (χ3n) is 4.68. The summed E-state index contributed by atoms with van der Waals surface area (Å²) >= 11 is 0. The van der Waals surface area contributed by atoms with Crippen molar-refractivity contribution in [2.45, 2.75) is 6.42 Å². The van der Waals surface area contributed by atoms with Crippen molar-refractivity contribution in [3.63, 3.8) is 0 Å². The molecule has 29 heavy (non-hydrogen) atoms. The molecular weight excluding hydrogens is 358 g/mol. The average Bonchev–Trinajstić information content (AvgIpc) is 3.16. The van der Waals surface area contributed by atoms with Crippen LogP contribution in [-0.2, 0) is 6.42 Å². The second kappa shape index (κ2) is 8.52. The van der Waals surface area contributed by atoms with Gasteiger partial charge >= 0.3 is 0 Å². The molecule has 0 saturated carbocycles. The molecule has 0 bridgehead atoms. The summed E-state index contributed by atoms with van der Waals surface area (Å²) in [7, 11) is 4.05. The molecule has 0 unspecified atom stereocenters. The number of rotatable bonds is 6. The van der Waals surface area contributed by atoms with Crippen LogP contribution in [0.15, 0.2) is 89.1 Å². The van der Waals surface area contributed by atoms with Crippen LogP contribution in [0.5, 0.6) is 0 Å². The molecule has 1 heterocycles. The average molecular weight is 381 g/mol. The summed E-state index contributed by atoms with van der Waals surface area (Å²) in [6.45, 7) is 0. The Balaban J connectivity index is 1.59. The largest absolute Gasteiger partial charge is 0.378 e. The Morgan fingerprint density at radius 2 is 1.66 bits per heavy atom. The number of benzene rings is 3. The molecule has 0 saturated heterocycles. The Labute approximate surface area is 170 Å². The van der Waals surface area contributed by atoms with Crippen LogP contribution in [0, 0.1) is 0 Å². The van der Waals surface area contributed by atoms with Gasteiger partial charge in [0.2, 0.25) is 0 Å². The van der Waals surface area contributed by atoms with Crippen LogP contribution in [0.4, 0.5) is 5.69 Å². The quantitative estimate of drug-likeness (QED) is 0.389. The molecule has 3 aromatic carbocycles. The number of aromatic amines is 1. The van der Waals surface area contributed by atoms with Crippen molar-refractivity contribution in [2.75, 3.05) is 19.0 Å². The van der Waals surface area contributed by atoms with E-state index in [1.807, 2.05) is 80.8 Å². The number of fused-ring (bicyclic) bond motifs is 1. The van der Waals surface area contributed by atoms with Crippen molar-refractivity contribution >= 4 is 28.6 Å². The summed E-state index contributed by atoms with van der Waals surface area (Å²) in [5.74, 6) is 0.874. The van der Waals surface area contributed by atoms with Gasteiger partial charge in [-0.15, -0.1) is 0 Å². The minimum absolute atomic E-state index is 0.579. The Kier molecular flexibility index (Phi) is 5.47. The molecule has 0 aliphatic rings. The molecule has 144 valence electrons. The number of para-hydroxylation sites is 2. The lowest BCUT2D eigenvalue weighted by Gasteiger charge is -2.11. The highest BCUT2D eigenvalue weighted by Gasteiger charge is 2.09. The Hall–Kier alpha value is -3.73. The summed E-state index contributed by atoms with van der Waals surface area (Å²) in [4.78, 5) is 10.1. The number of H-pyrrole nitrogens is 1. The SMILES string of the molecule is CN(C)c1ccc(C=NN=C(Cc2nc3ccccc3[nH]2)c2ccccc2)cc1. The third-order valence-corrected chi connectivity index (χ3v) is 4.68. The number of nitrogens with zero attached hydrogens (tertiary/aromatic N) is 4. The van der Waals surface area contributed by atoms with Gasteiger partial charge in [-0.1, -0.05) is 54.6 Å². The van der Waals surface area contributed by atoms with Crippen LogP contribution < -0.4 is 4.90 Å². The highest BCUT2D eigenvalue weighted by molar-refractivity contribution is 6.02.